The number of aliphatic imine (C=N–C) groups is 1. The van der Waals surface area contributed by atoms with Crippen LogP contribution in [0.1, 0.15) is 32.1 Å². The van der Waals surface area contributed by atoms with Crippen LogP contribution in [0.5, 0.6) is 0 Å². The van der Waals surface area contributed by atoms with Crippen LogP contribution in [0.15, 0.2) is 40.6 Å². The predicted octanol–water partition coefficient (Wildman–Crippen LogP) is 2.36. The van der Waals surface area contributed by atoms with E-state index in [1.807, 2.05) is 7.05 Å². The number of aliphatic carboxylic acids is 1. The van der Waals surface area contributed by atoms with Crippen molar-refractivity contribution in [1.82, 2.24) is 10.2 Å². The fraction of sp³-hybridized carbons (Fsp3) is 0.652. The second-order valence-electron chi connectivity index (χ2n) is 9.54. The highest BCUT2D eigenvalue weighted by Gasteiger charge is 2.74. The zero-order valence-corrected chi connectivity index (χ0v) is 17.4. The lowest BCUT2D eigenvalue weighted by Crippen LogP contribution is -2.64. The van der Waals surface area contributed by atoms with Gasteiger partial charge in [0.1, 0.15) is 0 Å². The lowest BCUT2D eigenvalue weighted by molar-refractivity contribution is -0.132. The third-order valence-electron chi connectivity index (χ3n) is 8.92. The molecule has 4 aliphatic carbocycles. The van der Waals surface area contributed by atoms with Gasteiger partial charge in [-0.1, -0.05) is 23.8 Å². The summed E-state index contributed by atoms with van der Waals surface area (Å²) in [5.41, 5.74) is 8.19. The lowest BCUT2D eigenvalue weighted by Gasteiger charge is -2.63. The first-order valence-corrected chi connectivity index (χ1v) is 10.9. The van der Waals surface area contributed by atoms with Crippen LogP contribution in [0.25, 0.3) is 0 Å². The van der Waals surface area contributed by atoms with Crippen molar-refractivity contribution in [3.8, 4) is 0 Å². The summed E-state index contributed by atoms with van der Waals surface area (Å²) in [4.78, 5) is 18.6. The van der Waals surface area contributed by atoms with Crippen molar-refractivity contribution >= 4 is 11.9 Å². The largest absolute Gasteiger partial charge is 0.478 e. The van der Waals surface area contributed by atoms with Crippen molar-refractivity contribution in [2.24, 2.45) is 45.2 Å². The molecule has 0 aromatic carbocycles. The van der Waals surface area contributed by atoms with E-state index in [1.165, 1.54) is 18.4 Å². The molecule has 0 amide bonds. The normalized spacial score (nSPS) is 42.7. The lowest BCUT2D eigenvalue weighted by atomic mass is 9.42. The van der Waals surface area contributed by atoms with Crippen LogP contribution in [-0.4, -0.2) is 49.1 Å². The Balaban J connectivity index is 1.76. The van der Waals surface area contributed by atoms with Crippen LogP contribution in [0.3, 0.4) is 0 Å². The minimum atomic E-state index is -0.707. The Labute approximate surface area is 172 Å². The molecule has 6 atom stereocenters. The van der Waals surface area contributed by atoms with Crippen LogP contribution in [0, 0.1) is 34.5 Å². The quantitative estimate of drug-likeness (QED) is 0.387. The monoisotopic (exact) mass is 396 g/mol. The molecule has 2 spiro atoms. The molecular formula is C23H32N4O2. The first-order valence-electron chi connectivity index (χ1n) is 10.9. The SMILES string of the molecule is CN=C(N)N1C=CC(CNC)C2(C1)C1CCC3CC=CC4CC(C(=O)O)=C(C1)C432. The predicted molar refractivity (Wildman–Crippen MR) is 113 cm³/mol. The topological polar surface area (TPSA) is 91.0 Å². The summed E-state index contributed by atoms with van der Waals surface area (Å²) < 4.78 is 0. The zero-order valence-electron chi connectivity index (χ0n) is 17.4. The molecule has 5 aliphatic rings. The van der Waals surface area contributed by atoms with E-state index in [9.17, 15) is 9.90 Å². The number of nitrogens with one attached hydrogen (secondary N) is 1. The molecule has 6 unspecified atom stereocenters. The zero-order chi connectivity index (χ0) is 20.4. The second-order valence-corrected chi connectivity index (χ2v) is 9.54. The van der Waals surface area contributed by atoms with Gasteiger partial charge in [-0.3, -0.25) is 4.99 Å². The standard InChI is InChI=1S/C23H32N4O2/c1-25-12-17-8-9-27(21(24)26-2)13-22(17)15-7-6-14-4-3-5-16-10-18(20(28)29)19(11-15)23(14,16)22/h3,5,8-9,14-17,25H,4,6-7,10-13H2,1-2H3,(H2,24,26)(H,28,29). The Bertz CT molecular complexity index is 859. The van der Waals surface area contributed by atoms with Crippen molar-refractivity contribution in [2.45, 2.75) is 32.1 Å². The van der Waals surface area contributed by atoms with Gasteiger partial charge in [0.05, 0.1) is 0 Å². The van der Waals surface area contributed by atoms with Gasteiger partial charge < -0.3 is 21.1 Å². The Hall–Kier alpha value is -2.08. The van der Waals surface area contributed by atoms with E-state index in [0.29, 0.717) is 41.6 Å². The van der Waals surface area contributed by atoms with Crippen molar-refractivity contribution < 1.29 is 9.90 Å². The van der Waals surface area contributed by atoms with Crippen LogP contribution in [0.2, 0.25) is 0 Å². The Morgan fingerprint density at radius 2 is 2.14 bits per heavy atom. The summed E-state index contributed by atoms with van der Waals surface area (Å²) in [5, 5.41) is 13.5. The highest BCUT2D eigenvalue weighted by atomic mass is 16.4. The fourth-order valence-electron chi connectivity index (χ4n) is 8.18. The number of hydrogen-bond donors (Lipinski definition) is 3. The third-order valence-corrected chi connectivity index (χ3v) is 8.92. The molecule has 2 fully saturated rings. The van der Waals surface area contributed by atoms with E-state index >= 15 is 0 Å². The average Bonchev–Trinajstić information content (AvgIpc) is 3.10. The van der Waals surface area contributed by atoms with Gasteiger partial charge in [0.25, 0.3) is 0 Å². The van der Waals surface area contributed by atoms with Crippen molar-refractivity contribution in [2.75, 3.05) is 27.2 Å². The van der Waals surface area contributed by atoms with E-state index in [-0.39, 0.29) is 10.8 Å². The van der Waals surface area contributed by atoms with E-state index in [1.54, 1.807) is 7.05 Å². The van der Waals surface area contributed by atoms with Crippen LogP contribution >= 0.6 is 0 Å². The number of nitrogens with two attached hydrogens (primary N) is 1. The van der Waals surface area contributed by atoms with Gasteiger partial charge >= 0.3 is 5.97 Å². The third kappa shape index (κ3) is 2.16. The number of carbonyl (C=O) groups is 1. The summed E-state index contributed by atoms with van der Waals surface area (Å²) >= 11 is 0. The molecule has 2 saturated carbocycles. The van der Waals surface area contributed by atoms with E-state index < -0.39 is 5.97 Å². The second kappa shape index (κ2) is 6.46. The molecule has 0 radical (unpaired) electrons. The van der Waals surface area contributed by atoms with Gasteiger partial charge in [0, 0.05) is 42.7 Å². The Kier molecular flexibility index (Phi) is 4.21. The molecule has 29 heavy (non-hydrogen) atoms. The first-order chi connectivity index (χ1) is 14.0. The van der Waals surface area contributed by atoms with Gasteiger partial charge in [0.15, 0.2) is 5.96 Å². The Morgan fingerprint density at radius 3 is 2.86 bits per heavy atom. The molecule has 4 N–H and O–H groups in total. The van der Waals surface area contributed by atoms with Crippen molar-refractivity contribution in [1.29, 1.82) is 0 Å². The number of rotatable bonds is 3. The summed E-state index contributed by atoms with van der Waals surface area (Å²) in [5.74, 6) is 1.51. The summed E-state index contributed by atoms with van der Waals surface area (Å²) in [6, 6.07) is 0. The van der Waals surface area contributed by atoms with Gasteiger partial charge in [0.2, 0.25) is 0 Å². The maximum atomic E-state index is 12.3. The number of hydrogen-bond acceptors (Lipinski definition) is 3. The van der Waals surface area contributed by atoms with E-state index in [4.69, 9.17) is 5.73 Å². The molecule has 156 valence electrons. The van der Waals surface area contributed by atoms with Crippen molar-refractivity contribution in [3.63, 3.8) is 0 Å². The maximum absolute atomic E-state index is 12.3. The average molecular weight is 397 g/mol. The molecular weight excluding hydrogens is 364 g/mol. The summed E-state index contributed by atoms with van der Waals surface area (Å²) in [6.45, 7) is 1.74. The molecule has 6 nitrogen and oxygen atoms in total. The molecule has 0 saturated heterocycles. The van der Waals surface area contributed by atoms with Crippen molar-refractivity contribution in [3.05, 3.63) is 35.6 Å². The van der Waals surface area contributed by atoms with Crippen LogP contribution in [0.4, 0.5) is 0 Å². The number of guanidine groups is 1. The summed E-state index contributed by atoms with van der Waals surface area (Å²) in [7, 11) is 3.76. The molecule has 6 heteroatoms. The smallest absolute Gasteiger partial charge is 0.331 e. The summed E-state index contributed by atoms with van der Waals surface area (Å²) in [6.07, 6.45) is 14.1. The number of allylic oxidation sites excluding steroid dienone is 3. The number of carboxylic acids is 1. The van der Waals surface area contributed by atoms with E-state index in [0.717, 1.165) is 25.9 Å². The maximum Gasteiger partial charge on any atom is 0.331 e. The minimum absolute atomic E-state index is 0.00898. The highest BCUT2D eigenvalue weighted by molar-refractivity contribution is 5.89. The molecule has 2 bridgehead atoms. The first kappa shape index (κ1) is 18.9. The van der Waals surface area contributed by atoms with Gasteiger partial charge in [-0.05, 0) is 62.8 Å². The van der Waals surface area contributed by atoms with Crippen LogP contribution in [-0.2, 0) is 4.79 Å². The van der Waals surface area contributed by atoms with Gasteiger partial charge in [-0.15, -0.1) is 0 Å². The Morgan fingerprint density at radius 1 is 1.34 bits per heavy atom. The molecule has 1 aliphatic heterocycles. The molecule has 1 heterocycles. The number of nitrogens with zero attached hydrogens (tertiary/aromatic N) is 2. The highest BCUT2D eigenvalue weighted by Crippen LogP contribution is 2.78. The minimum Gasteiger partial charge on any atom is -0.478 e. The van der Waals surface area contributed by atoms with E-state index in [2.05, 4.69) is 39.6 Å². The molecule has 5 rings (SSSR count). The fourth-order valence-corrected chi connectivity index (χ4v) is 8.18. The van der Waals surface area contributed by atoms with Gasteiger partial charge in [-0.2, -0.15) is 0 Å². The number of carboxylic acid groups (broad SMARTS) is 1. The van der Waals surface area contributed by atoms with Gasteiger partial charge in [-0.25, -0.2) is 4.79 Å². The molecule has 0 aromatic heterocycles. The van der Waals surface area contributed by atoms with Crippen LogP contribution < -0.4 is 11.1 Å². The molecule has 0 aromatic rings.